The zero-order valence-electron chi connectivity index (χ0n) is 15.3. The van der Waals surface area contributed by atoms with E-state index in [1.807, 2.05) is 30.3 Å². The number of hydrogen-bond donors (Lipinski definition) is 0. The topological polar surface area (TPSA) is 72.1 Å². The molecule has 1 heterocycles. The van der Waals surface area contributed by atoms with Gasteiger partial charge in [-0.25, -0.2) is 4.79 Å². The second-order valence-corrected chi connectivity index (χ2v) is 7.02. The van der Waals surface area contributed by atoms with Gasteiger partial charge in [-0.05, 0) is 36.3 Å². The molecule has 0 atom stereocenters. The van der Waals surface area contributed by atoms with Gasteiger partial charge >= 0.3 is 5.97 Å². The summed E-state index contributed by atoms with van der Waals surface area (Å²) in [7, 11) is 0. The summed E-state index contributed by atoms with van der Waals surface area (Å²) in [5.41, 5.74) is 2.16. The van der Waals surface area contributed by atoms with Crippen LogP contribution in [0.5, 0.6) is 0 Å². The summed E-state index contributed by atoms with van der Waals surface area (Å²) in [5, 5.41) is 8.91. The van der Waals surface area contributed by atoms with Gasteiger partial charge in [-0.2, -0.15) is 5.26 Å². The zero-order chi connectivity index (χ0) is 19.9. The van der Waals surface area contributed by atoms with E-state index in [0.29, 0.717) is 21.3 Å². The van der Waals surface area contributed by atoms with Crippen molar-refractivity contribution in [2.75, 3.05) is 6.61 Å². The van der Waals surface area contributed by atoms with E-state index in [4.69, 9.17) is 10.00 Å². The maximum atomic E-state index is 13.0. The minimum absolute atomic E-state index is 0.172. The van der Waals surface area contributed by atoms with Crippen LogP contribution in [0, 0.1) is 11.3 Å². The Bertz CT molecular complexity index is 1180. The molecule has 0 saturated heterocycles. The van der Waals surface area contributed by atoms with Crippen LogP contribution in [-0.2, 0) is 16.1 Å². The van der Waals surface area contributed by atoms with Gasteiger partial charge in [0.1, 0.15) is 4.66 Å². The van der Waals surface area contributed by atoms with Crippen LogP contribution >= 0.6 is 11.3 Å². The van der Waals surface area contributed by atoms with Crippen molar-refractivity contribution in [2.24, 2.45) is 0 Å². The molecule has 1 aromatic heterocycles. The van der Waals surface area contributed by atoms with E-state index < -0.39 is 5.97 Å². The maximum absolute atomic E-state index is 13.0. The van der Waals surface area contributed by atoms with Crippen molar-refractivity contribution in [3.05, 3.63) is 90.8 Å². The zero-order valence-corrected chi connectivity index (χ0v) is 16.1. The third kappa shape index (κ3) is 4.64. The molecule has 0 fully saturated rings. The number of rotatable bonds is 5. The van der Waals surface area contributed by atoms with Gasteiger partial charge in [0.25, 0.3) is 5.56 Å². The fourth-order valence-corrected chi connectivity index (χ4v) is 3.68. The van der Waals surface area contributed by atoms with Crippen molar-refractivity contribution in [2.45, 2.75) is 13.5 Å². The third-order valence-corrected chi connectivity index (χ3v) is 5.05. The number of nitrogens with zero attached hydrogens (tertiary/aromatic N) is 2. The van der Waals surface area contributed by atoms with Crippen molar-refractivity contribution in [1.82, 2.24) is 4.57 Å². The van der Waals surface area contributed by atoms with Crippen LogP contribution in [0.3, 0.4) is 0 Å². The average Bonchev–Trinajstić information content (AvgIpc) is 2.98. The van der Waals surface area contributed by atoms with Crippen LogP contribution in [0.2, 0.25) is 0 Å². The number of hydrogen-bond acceptors (Lipinski definition) is 5. The molecule has 3 aromatic rings. The minimum Gasteiger partial charge on any atom is -0.463 e. The van der Waals surface area contributed by atoms with E-state index in [1.54, 1.807) is 41.8 Å². The van der Waals surface area contributed by atoms with Crippen molar-refractivity contribution < 1.29 is 9.53 Å². The molecule has 28 heavy (non-hydrogen) atoms. The predicted octanol–water partition coefficient (Wildman–Crippen LogP) is 2.00. The number of aromatic nitrogens is 1. The molecule has 0 aliphatic carbocycles. The highest BCUT2D eigenvalue weighted by Gasteiger charge is 2.08. The number of nitriles is 1. The first kappa shape index (κ1) is 19.3. The lowest BCUT2D eigenvalue weighted by Gasteiger charge is -2.02. The Hall–Kier alpha value is -3.43. The lowest BCUT2D eigenvalue weighted by Crippen LogP contribution is -2.32. The molecule has 0 N–H and O–H groups in total. The van der Waals surface area contributed by atoms with Gasteiger partial charge in [0.05, 0.1) is 35.4 Å². The fraction of sp³-hybridized carbons (Fsp3) is 0.136. The first-order chi connectivity index (χ1) is 13.6. The van der Waals surface area contributed by atoms with E-state index >= 15 is 0 Å². The number of carbonyl (C=O) groups is 1. The molecule has 0 spiro atoms. The van der Waals surface area contributed by atoms with E-state index in [2.05, 4.69) is 6.07 Å². The summed E-state index contributed by atoms with van der Waals surface area (Å²) in [6.07, 6.45) is 3.12. The van der Waals surface area contributed by atoms with Crippen LogP contribution in [0.15, 0.2) is 59.4 Å². The highest BCUT2D eigenvalue weighted by atomic mass is 32.1. The van der Waals surface area contributed by atoms with Gasteiger partial charge in [0.2, 0.25) is 0 Å². The van der Waals surface area contributed by atoms with Crippen LogP contribution in [0.25, 0.3) is 12.2 Å². The maximum Gasteiger partial charge on any atom is 0.333 e. The van der Waals surface area contributed by atoms with Crippen molar-refractivity contribution >= 4 is 29.5 Å². The van der Waals surface area contributed by atoms with Crippen LogP contribution in [-0.4, -0.2) is 17.1 Å². The molecule has 3 rings (SSSR count). The van der Waals surface area contributed by atoms with Gasteiger partial charge in [-0.1, -0.05) is 42.5 Å². The van der Waals surface area contributed by atoms with Crippen molar-refractivity contribution in [1.29, 1.82) is 5.26 Å². The number of ether oxygens (including phenoxy) is 1. The molecular weight excluding hydrogens is 372 g/mol. The average molecular weight is 390 g/mol. The quantitative estimate of drug-likeness (QED) is 0.625. The van der Waals surface area contributed by atoms with Gasteiger partial charge < -0.3 is 4.74 Å². The summed E-state index contributed by atoms with van der Waals surface area (Å²) in [6.45, 7) is 2.37. The smallest absolute Gasteiger partial charge is 0.333 e. The SMILES string of the molecule is CCOC(=O)/C=c1\s/c(=C/c2ccc(C#N)cc2)c(=O)n1Cc1ccccc1. The molecule has 0 bridgehead atoms. The molecule has 0 amide bonds. The lowest BCUT2D eigenvalue weighted by atomic mass is 10.1. The highest BCUT2D eigenvalue weighted by Crippen LogP contribution is 2.04. The summed E-state index contributed by atoms with van der Waals surface area (Å²) in [5.74, 6) is -0.476. The normalized spacial score (nSPS) is 12.0. The minimum atomic E-state index is -0.476. The monoisotopic (exact) mass is 390 g/mol. The van der Waals surface area contributed by atoms with Gasteiger partial charge in [0, 0.05) is 0 Å². The number of thiazole rings is 1. The third-order valence-electron chi connectivity index (χ3n) is 3.99. The van der Waals surface area contributed by atoms with E-state index in [9.17, 15) is 9.59 Å². The molecule has 6 heteroatoms. The molecule has 2 aromatic carbocycles. The number of benzene rings is 2. The Kier molecular flexibility index (Phi) is 6.20. The van der Waals surface area contributed by atoms with Crippen LogP contribution in [0.1, 0.15) is 23.6 Å². The Morgan fingerprint density at radius 3 is 2.54 bits per heavy atom. The molecule has 0 unspecified atom stereocenters. The Labute approximate surface area is 166 Å². The number of carbonyl (C=O) groups excluding carboxylic acids is 1. The molecule has 5 nitrogen and oxygen atoms in total. The standard InChI is InChI=1S/C22H18N2O3S/c1-2-27-21(25)13-20-24(15-18-6-4-3-5-7-18)22(26)19(28-20)12-16-8-10-17(14-23)11-9-16/h3-13H,2,15H2,1H3/b19-12+,20-13-. The summed E-state index contributed by atoms with van der Waals surface area (Å²) in [6, 6.07) is 18.6. The number of esters is 1. The van der Waals surface area contributed by atoms with E-state index in [1.165, 1.54) is 17.4 Å². The largest absolute Gasteiger partial charge is 0.463 e. The van der Waals surface area contributed by atoms with Crippen molar-refractivity contribution in [3.8, 4) is 6.07 Å². The first-order valence-electron chi connectivity index (χ1n) is 8.74. The van der Waals surface area contributed by atoms with Crippen molar-refractivity contribution in [3.63, 3.8) is 0 Å². The molecule has 140 valence electrons. The molecule has 0 aliphatic heterocycles. The van der Waals surface area contributed by atoms with Gasteiger partial charge in [0.15, 0.2) is 0 Å². The van der Waals surface area contributed by atoms with E-state index in [-0.39, 0.29) is 12.2 Å². The predicted molar refractivity (Wildman–Crippen MR) is 109 cm³/mol. The fourth-order valence-electron chi connectivity index (χ4n) is 2.65. The molecule has 0 aliphatic rings. The molecule has 0 saturated carbocycles. The Morgan fingerprint density at radius 2 is 1.89 bits per heavy atom. The summed E-state index contributed by atoms with van der Waals surface area (Å²) < 4.78 is 7.62. The van der Waals surface area contributed by atoms with Crippen LogP contribution in [0.4, 0.5) is 0 Å². The highest BCUT2D eigenvalue weighted by molar-refractivity contribution is 7.07. The lowest BCUT2D eigenvalue weighted by molar-refractivity contribution is -0.135. The first-order valence-corrected chi connectivity index (χ1v) is 9.56. The van der Waals surface area contributed by atoms with Crippen LogP contribution < -0.4 is 14.8 Å². The van der Waals surface area contributed by atoms with Gasteiger partial charge in [-0.15, -0.1) is 11.3 Å². The van der Waals surface area contributed by atoms with Gasteiger partial charge in [-0.3, -0.25) is 9.36 Å². The Morgan fingerprint density at radius 1 is 1.18 bits per heavy atom. The summed E-state index contributed by atoms with van der Waals surface area (Å²) >= 11 is 1.24. The molecule has 0 radical (unpaired) electrons. The second kappa shape index (κ2) is 8.98. The second-order valence-electron chi connectivity index (χ2n) is 5.96. The summed E-state index contributed by atoms with van der Waals surface area (Å²) in [4.78, 5) is 24.9. The Balaban J connectivity index is 2.11. The molecular formula is C22H18N2O3S. The van der Waals surface area contributed by atoms with E-state index in [0.717, 1.165) is 11.1 Å².